The molecule has 0 bridgehead atoms. The van der Waals surface area contributed by atoms with Gasteiger partial charge in [0, 0.05) is 12.5 Å². The van der Waals surface area contributed by atoms with Crippen molar-refractivity contribution in [3.05, 3.63) is 83.2 Å². The van der Waals surface area contributed by atoms with Crippen LogP contribution in [0.5, 0.6) is 0 Å². The molecule has 0 aliphatic carbocycles. The van der Waals surface area contributed by atoms with E-state index in [4.69, 9.17) is 0 Å². The second-order valence-electron chi connectivity index (χ2n) is 7.68. The van der Waals surface area contributed by atoms with Crippen LogP contribution in [0.2, 0.25) is 0 Å². The molecule has 0 aliphatic rings. The molecule has 3 aromatic rings. The van der Waals surface area contributed by atoms with E-state index in [9.17, 15) is 48.0 Å². The fourth-order valence-electron chi connectivity index (χ4n) is 3.11. The third-order valence-corrected chi connectivity index (χ3v) is 7.84. The van der Waals surface area contributed by atoms with Crippen LogP contribution in [0, 0.1) is 0 Å². The number of hydrogen-bond donors (Lipinski definition) is 1. The number of sulfone groups is 2. The van der Waals surface area contributed by atoms with Crippen LogP contribution in [0.15, 0.2) is 75.5 Å². The molecular weight excluding hydrogens is 550 g/mol. The van der Waals surface area contributed by atoms with Gasteiger partial charge in [-0.15, -0.1) is 0 Å². The average Bonchev–Trinajstić information content (AvgIpc) is 2.81. The van der Waals surface area contributed by atoms with Gasteiger partial charge in [-0.1, -0.05) is 6.07 Å². The molecule has 7 nitrogen and oxygen atoms in total. The highest BCUT2D eigenvalue weighted by Crippen LogP contribution is 2.33. The minimum absolute atomic E-state index is 0.0733. The third kappa shape index (κ3) is 6.46. The number of aromatic nitrogens is 1. The maximum absolute atomic E-state index is 13.0. The lowest BCUT2D eigenvalue weighted by Crippen LogP contribution is -2.25. The predicted octanol–water partition coefficient (Wildman–Crippen LogP) is 4.29. The van der Waals surface area contributed by atoms with E-state index in [1.54, 1.807) is 0 Å². The Balaban J connectivity index is 1.80. The van der Waals surface area contributed by atoms with Gasteiger partial charge in [-0.3, -0.25) is 9.78 Å². The number of rotatable bonds is 6. The summed E-state index contributed by atoms with van der Waals surface area (Å²) in [5, 5.41) is 2.28. The van der Waals surface area contributed by atoms with Crippen molar-refractivity contribution in [3.63, 3.8) is 0 Å². The van der Waals surface area contributed by atoms with E-state index in [1.165, 1.54) is 0 Å². The quantitative estimate of drug-likeness (QED) is 0.446. The predicted molar refractivity (Wildman–Crippen MR) is 117 cm³/mol. The van der Waals surface area contributed by atoms with Crippen LogP contribution < -0.4 is 5.32 Å². The van der Waals surface area contributed by atoms with Gasteiger partial charge in [-0.05, 0) is 48.5 Å². The van der Waals surface area contributed by atoms with Crippen molar-refractivity contribution in [2.75, 3.05) is 6.26 Å². The lowest BCUT2D eigenvalue weighted by atomic mass is 10.1. The molecule has 0 fully saturated rings. The van der Waals surface area contributed by atoms with Crippen molar-refractivity contribution in [1.82, 2.24) is 10.3 Å². The minimum Gasteiger partial charge on any atom is -0.346 e. The van der Waals surface area contributed by atoms with E-state index in [0.717, 1.165) is 36.5 Å². The van der Waals surface area contributed by atoms with E-state index >= 15 is 0 Å². The van der Waals surface area contributed by atoms with Gasteiger partial charge < -0.3 is 5.32 Å². The van der Waals surface area contributed by atoms with Gasteiger partial charge in [0.2, 0.25) is 9.84 Å². The van der Waals surface area contributed by atoms with Crippen LogP contribution >= 0.6 is 0 Å². The van der Waals surface area contributed by atoms with Crippen LogP contribution in [0.1, 0.15) is 27.2 Å². The zero-order chi connectivity index (χ0) is 27.8. The zero-order valence-corrected chi connectivity index (χ0v) is 20.2. The summed E-state index contributed by atoms with van der Waals surface area (Å²) >= 11 is 0. The summed E-state index contributed by atoms with van der Waals surface area (Å²) in [6.07, 6.45) is -8.09. The lowest BCUT2D eigenvalue weighted by Gasteiger charge is -2.13. The SMILES string of the molecule is CS(=O)(=O)c1cc(C(F)(F)F)ccc1C(=O)NCc1ccc(S(=O)(=O)c2cccc(C(F)(F)F)c2)cn1. The van der Waals surface area contributed by atoms with Gasteiger partial charge in [-0.25, -0.2) is 16.8 Å². The second-order valence-corrected chi connectivity index (χ2v) is 11.6. The molecule has 0 radical (unpaired) electrons. The number of benzene rings is 2. The van der Waals surface area contributed by atoms with Gasteiger partial charge in [0.25, 0.3) is 5.91 Å². The topological polar surface area (TPSA) is 110 Å². The summed E-state index contributed by atoms with van der Waals surface area (Å²) in [5.74, 6) is -1.03. The van der Waals surface area contributed by atoms with E-state index in [-0.39, 0.29) is 12.2 Å². The highest BCUT2D eigenvalue weighted by Gasteiger charge is 2.33. The average molecular weight is 567 g/mol. The van der Waals surface area contributed by atoms with E-state index in [2.05, 4.69) is 10.3 Å². The smallest absolute Gasteiger partial charge is 0.346 e. The summed E-state index contributed by atoms with van der Waals surface area (Å²) < 4.78 is 127. The minimum atomic E-state index is -4.84. The van der Waals surface area contributed by atoms with Gasteiger partial charge in [0.05, 0.1) is 43.6 Å². The Morgan fingerprint density at radius 3 is 2.00 bits per heavy atom. The number of nitrogens with one attached hydrogen (secondary N) is 1. The molecule has 0 atom stereocenters. The molecule has 2 aromatic carbocycles. The summed E-state index contributed by atoms with van der Waals surface area (Å²) in [6, 6.07) is 6.94. The molecule has 198 valence electrons. The van der Waals surface area contributed by atoms with E-state index < -0.39 is 69.3 Å². The summed E-state index contributed by atoms with van der Waals surface area (Å²) in [4.78, 5) is 14.5. The Labute approximate surface area is 207 Å². The number of hydrogen-bond acceptors (Lipinski definition) is 6. The molecule has 1 heterocycles. The fraction of sp³-hybridized carbons (Fsp3) is 0.182. The Kier molecular flexibility index (Phi) is 7.43. The molecule has 0 unspecified atom stereocenters. The Morgan fingerprint density at radius 2 is 1.46 bits per heavy atom. The number of pyridine rings is 1. The molecule has 1 N–H and O–H groups in total. The molecule has 0 aliphatic heterocycles. The van der Waals surface area contributed by atoms with Crippen LogP contribution in [0.25, 0.3) is 0 Å². The highest BCUT2D eigenvalue weighted by molar-refractivity contribution is 7.91. The number of amides is 1. The van der Waals surface area contributed by atoms with Crippen molar-refractivity contribution in [2.45, 2.75) is 33.6 Å². The van der Waals surface area contributed by atoms with Gasteiger partial charge >= 0.3 is 12.4 Å². The maximum atomic E-state index is 13.0. The van der Waals surface area contributed by atoms with Crippen LogP contribution in [-0.4, -0.2) is 34.0 Å². The molecule has 0 spiro atoms. The largest absolute Gasteiger partial charge is 0.416 e. The summed E-state index contributed by atoms with van der Waals surface area (Å²) in [5.41, 5.74) is -2.88. The lowest BCUT2D eigenvalue weighted by molar-refractivity contribution is -0.138. The van der Waals surface area contributed by atoms with Crippen LogP contribution in [0.3, 0.4) is 0 Å². The van der Waals surface area contributed by atoms with E-state index in [1.807, 2.05) is 0 Å². The first-order valence-electron chi connectivity index (χ1n) is 9.97. The Morgan fingerprint density at radius 1 is 0.838 bits per heavy atom. The number of halogens is 6. The number of alkyl halides is 6. The molecule has 0 saturated heterocycles. The normalized spacial score (nSPS) is 12.8. The number of carbonyl (C=O) groups excluding carboxylic acids is 1. The van der Waals surface area contributed by atoms with Crippen molar-refractivity contribution < 1.29 is 48.0 Å². The number of carbonyl (C=O) groups is 1. The molecular formula is C22H16F6N2O5S2. The second kappa shape index (κ2) is 9.78. The first-order chi connectivity index (χ1) is 16.9. The first-order valence-corrected chi connectivity index (χ1v) is 13.3. The standard InChI is InChI=1S/C22H16F6N2O5S2/c1-36(32,33)19-10-14(22(26,27)28)5-8-18(19)20(31)30-11-15-6-7-17(12-29-15)37(34,35)16-4-2-3-13(9-16)21(23,24)25/h2-10,12H,11H2,1H3,(H,30,31). The van der Waals surface area contributed by atoms with Crippen molar-refractivity contribution in [3.8, 4) is 0 Å². The zero-order valence-electron chi connectivity index (χ0n) is 18.6. The highest BCUT2D eigenvalue weighted by atomic mass is 32.2. The molecule has 1 amide bonds. The Bertz CT molecular complexity index is 1550. The van der Waals surface area contributed by atoms with Gasteiger partial charge in [0.15, 0.2) is 9.84 Å². The van der Waals surface area contributed by atoms with Crippen LogP contribution in [-0.2, 0) is 38.6 Å². The van der Waals surface area contributed by atoms with Crippen molar-refractivity contribution in [1.29, 1.82) is 0 Å². The summed E-state index contributed by atoms with van der Waals surface area (Å²) in [7, 11) is -8.58. The molecule has 0 saturated carbocycles. The molecule has 1 aromatic heterocycles. The number of nitrogens with zero attached hydrogens (tertiary/aromatic N) is 1. The van der Waals surface area contributed by atoms with Crippen LogP contribution in [0.4, 0.5) is 26.3 Å². The Hall–Kier alpha value is -3.46. The fourth-order valence-corrected chi connectivity index (χ4v) is 5.26. The molecule has 3 rings (SSSR count). The maximum Gasteiger partial charge on any atom is 0.416 e. The third-order valence-electron chi connectivity index (χ3n) is 4.96. The summed E-state index contributed by atoms with van der Waals surface area (Å²) in [6.45, 7) is -0.368. The molecule has 15 heteroatoms. The van der Waals surface area contributed by atoms with Gasteiger partial charge in [0.1, 0.15) is 0 Å². The van der Waals surface area contributed by atoms with Crippen molar-refractivity contribution >= 4 is 25.6 Å². The molecule has 37 heavy (non-hydrogen) atoms. The first kappa shape index (κ1) is 28.1. The van der Waals surface area contributed by atoms with Crippen molar-refractivity contribution in [2.24, 2.45) is 0 Å². The monoisotopic (exact) mass is 566 g/mol. The van der Waals surface area contributed by atoms with Gasteiger partial charge in [-0.2, -0.15) is 26.3 Å². The van der Waals surface area contributed by atoms with E-state index in [0.29, 0.717) is 30.5 Å².